The first-order valence-corrected chi connectivity index (χ1v) is 6.37. The molecule has 1 aromatic carbocycles. The van der Waals surface area contributed by atoms with Crippen LogP contribution in [0, 0.1) is 0 Å². The van der Waals surface area contributed by atoms with E-state index in [1.165, 1.54) is 0 Å². The first-order valence-electron chi connectivity index (χ1n) is 6.37. The van der Waals surface area contributed by atoms with Crippen molar-refractivity contribution in [1.29, 1.82) is 0 Å². The van der Waals surface area contributed by atoms with Gasteiger partial charge in [-0.15, -0.1) is 0 Å². The van der Waals surface area contributed by atoms with Crippen molar-refractivity contribution in [1.82, 2.24) is 5.32 Å². The SMILES string of the molecule is COc1ccc(N)c(CNC(C)Cc2ccco2)c1. The van der Waals surface area contributed by atoms with Crippen molar-refractivity contribution < 1.29 is 9.15 Å². The summed E-state index contributed by atoms with van der Waals surface area (Å²) in [6, 6.07) is 9.90. The molecule has 0 fully saturated rings. The van der Waals surface area contributed by atoms with Gasteiger partial charge in [0.25, 0.3) is 0 Å². The number of ether oxygens (including phenoxy) is 1. The van der Waals surface area contributed by atoms with Crippen molar-refractivity contribution in [2.24, 2.45) is 0 Å². The molecule has 1 unspecified atom stereocenters. The van der Waals surface area contributed by atoms with Crippen LogP contribution in [0.4, 0.5) is 5.69 Å². The number of methoxy groups -OCH3 is 1. The molecule has 19 heavy (non-hydrogen) atoms. The Balaban J connectivity index is 1.91. The molecule has 0 spiro atoms. The molecule has 0 saturated heterocycles. The van der Waals surface area contributed by atoms with Crippen LogP contribution < -0.4 is 15.8 Å². The number of nitrogens with one attached hydrogen (secondary N) is 1. The minimum Gasteiger partial charge on any atom is -0.497 e. The van der Waals surface area contributed by atoms with E-state index in [2.05, 4.69) is 12.2 Å². The number of rotatable bonds is 6. The maximum Gasteiger partial charge on any atom is 0.119 e. The zero-order valence-electron chi connectivity index (χ0n) is 11.3. The van der Waals surface area contributed by atoms with Crippen LogP contribution >= 0.6 is 0 Å². The highest BCUT2D eigenvalue weighted by Gasteiger charge is 2.07. The van der Waals surface area contributed by atoms with Gasteiger partial charge in [-0.25, -0.2) is 0 Å². The first-order chi connectivity index (χ1) is 9.19. The van der Waals surface area contributed by atoms with E-state index in [-0.39, 0.29) is 0 Å². The number of nitrogens with two attached hydrogens (primary N) is 1. The predicted octanol–water partition coefficient (Wildman–Crippen LogP) is 2.59. The van der Waals surface area contributed by atoms with Crippen LogP contribution in [0.5, 0.6) is 5.75 Å². The van der Waals surface area contributed by atoms with Crippen molar-refractivity contribution in [3.8, 4) is 5.75 Å². The Kier molecular flexibility index (Phi) is 4.47. The normalized spacial score (nSPS) is 12.3. The van der Waals surface area contributed by atoms with Crippen LogP contribution in [0.3, 0.4) is 0 Å². The fraction of sp³-hybridized carbons (Fsp3) is 0.333. The number of hydrogen-bond donors (Lipinski definition) is 2. The van der Waals surface area contributed by atoms with Gasteiger partial charge in [0, 0.05) is 24.7 Å². The van der Waals surface area contributed by atoms with Gasteiger partial charge < -0.3 is 20.2 Å². The van der Waals surface area contributed by atoms with Crippen LogP contribution in [0.15, 0.2) is 41.0 Å². The Labute approximate surface area is 113 Å². The van der Waals surface area contributed by atoms with Gasteiger partial charge in [-0.05, 0) is 42.8 Å². The molecule has 102 valence electrons. The van der Waals surface area contributed by atoms with Crippen molar-refractivity contribution >= 4 is 5.69 Å². The molecule has 4 heteroatoms. The fourth-order valence-corrected chi connectivity index (χ4v) is 1.95. The lowest BCUT2D eigenvalue weighted by Gasteiger charge is -2.14. The molecule has 3 N–H and O–H groups in total. The van der Waals surface area contributed by atoms with E-state index in [4.69, 9.17) is 14.9 Å². The predicted molar refractivity (Wildman–Crippen MR) is 76.1 cm³/mol. The summed E-state index contributed by atoms with van der Waals surface area (Å²) >= 11 is 0. The van der Waals surface area contributed by atoms with Gasteiger partial charge in [0.1, 0.15) is 11.5 Å². The standard InChI is InChI=1S/C15H20N2O2/c1-11(8-14-4-3-7-19-14)17-10-12-9-13(18-2)5-6-15(12)16/h3-7,9,11,17H,8,10,16H2,1-2H3. The van der Waals surface area contributed by atoms with Gasteiger partial charge in [-0.1, -0.05) is 0 Å². The van der Waals surface area contributed by atoms with Crippen molar-refractivity contribution in [3.05, 3.63) is 47.9 Å². The smallest absolute Gasteiger partial charge is 0.119 e. The second-order valence-electron chi connectivity index (χ2n) is 4.63. The van der Waals surface area contributed by atoms with Gasteiger partial charge in [0.15, 0.2) is 0 Å². The molecule has 0 aliphatic heterocycles. The van der Waals surface area contributed by atoms with E-state index < -0.39 is 0 Å². The number of hydrogen-bond acceptors (Lipinski definition) is 4. The Morgan fingerprint density at radius 3 is 2.89 bits per heavy atom. The molecule has 0 saturated carbocycles. The summed E-state index contributed by atoms with van der Waals surface area (Å²) in [7, 11) is 1.66. The van der Waals surface area contributed by atoms with Gasteiger partial charge in [0.2, 0.25) is 0 Å². The van der Waals surface area contributed by atoms with E-state index >= 15 is 0 Å². The molecule has 1 atom stereocenters. The molecule has 0 aliphatic rings. The van der Waals surface area contributed by atoms with Crippen LogP contribution in [-0.2, 0) is 13.0 Å². The fourth-order valence-electron chi connectivity index (χ4n) is 1.95. The van der Waals surface area contributed by atoms with Gasteiger partial charge in [0.05, 0.1) is 13.4 Å². The van der Waals surface area contributed by atoms with E-state index in [9.17, 15) is 0 Å². The minimum atomic E-state index is 0.316. The summed E-state index contributed by atoms with van der Waals surface area (Å²) in [5.74, 6) is 1.81. The van der Waals surface area contributed by atoms with Gasteiger partial charge >= 0.3 is 0 Å². The topological polar surface area (TPSA) is 60.4 Å². The summed E-state index contributed by atoms with van der Waals surface area (Å²) in [4.78, 5) is 0. The van der Waals surface area contributed by atoms with Crippen molar-refractivity contribution in [3.63, 3.8) is 0 Å². The Bertz CT molecular complexity index is 509. The van der Waals surface area contributed by atoms with Crippen LogP contribution in [0.25, 0.3) is 0 Å². The van der Waals surface area contributed by atoms with Crippen LogP contribution in [0.2, 0.25) is 0 Å². The zero-order valence-corrected chi connectivity index (χ0v) is 11.3. The molecule has 2 rings (SSSR count). The molecule has 1 heterocycles. The molecule has 4 nitrogen and oxygen atoms in total. The van der Waals surface area contributed by atoms with Gasteiger partial charge in [-0.3, -0.25) is 0 Å². The Morgan fingerprint density at radius 2 is 2.21 bits per heavy atom. The van der Waals surface area contributed by atoms with E-state index in [1.807, 2.05) is 30.3 Å². The average molecular weight is 260 g/mol. The number of benzene rings is 1. The highest BCUT2D eigenvalue weighted by Crippen LogP contribution is 2.19. The second kappa shape index (κ2) is 6.29. The van der Waals surface area contributed by atoms with E-state index in [1.54, 1.807) is 13.4 Å². The summed E-state index contributed by atoms with van der Waals surface area (Å²) in [5.41, 5.74) is 7.78. The maximum atomic E-state index is 5.95. The third-order valence-electron chi connectivity index (χ3n) is 3.08. The number of anilines is 1. The molecule has 0 radical (unpaired) electrons. The monoisotopic (exact) mass is 260 g/mol. The highest BCUT2D eigenvalue weighted by atomic mass is 16.5. The Hall–Kier alpha value is -1.94. The quantitative estimate of drug-likeness (QED) is 0.784. The van der Waals surface area contributed by atoms with Crippen LogP contribution in [-0.4, -0.2) is 13.2 Å². The van der Waals surface area contributed by atoms with Crippen molar-refractivity contribution in [2.45, 2.75) is 25.9 Å². The average Bonchev–Trinajstić information content (AvgIpc) is 2.90. The van der Waals surface area contributed by atoms with Crippen molar-refractivity contribution in [2.75, 3.05) is 12.8 Å². The second-order valence-corrected chi connectivity index (χ2v) is 4.63. The summed E-state index contributed by atoms with van der Waals surface area (Å²) in [6.07, 6.45) is 2.55. The van der Waals surface area contributed by atoms with Crippen LogP contribution in [0.1, 0.15) is 18.2 Å². The molecule has 0 bridgehead atoms. The molecule has 2 aromatic rings. The number of nitrogen functional groups attached to an aromatic ring is 1. The van der Waals surface area contributed by atoms with E-state index in [0.29, 0.717) is 12.6 Å². The lowest BCUT2D eigenvalue weighted by atomic mass is 10.1. The third kappa shape index (κ3) is 3.76. The first kappa shape index (κ1) is 13.5. The molecule has 0 amide bonds. The third-order valence-corrected chi connectivity index (χ3v) is 3.08. The summed E-state index contributed by atoms with van der Waals surface area (Å²) in [5, 5.41) is 3.43. The maximum absolute atomic E-state index is 5.95. The molecular formula is C15H20N2O2. The Morgan fingerprint density at radius 1 is 1.37 bits per heavy atom. The van der Waals surface area contributed by atoms with Gasteiger partial charge in [-0.2, -0.15) is 0 Å². The van der Waals surface area contributed by atoms with E-state index in [0.717, 1.165) is 29.2 Å². The minimum absolute atomic E-state index is 0.316. The summed E-state index contributed by atoms with van der Waals surface area (Å²) in [6.45, 7) is 2.84. The number of furan rings is 1. The lowest BCUT2D eigenvalue weighted by Crippen LogP contribution is -2.27. The molecule has 1 aromatic heterocycles. The lowest BCUT2D eigenvalue weighted by molar-refractivity contribution is 0.413. The summed E-state index contributed by atoms with van der Waals surface area (Å²) < 4.78 is 10.5. The zero-order chi connectivity index (χ0) is 13.7. The highest BCUT2D eigenvalue weighted by molar-refractivity contribution is 5.50. The largest absolute Gasteiger partial charge is 0.497 e. The molecule has 0 aliphatic carbocycles. The molecular weight excluding hydrogens is 240 g/mol.